The summed E-state index contributed by atoms with van der Waals surface area (Å²) in [5.74, 6) is -9.22. The Morgan fingerprint density at radius 2 is 0.667 bits per heavy atom. The number of esters is 3. The molecule has 0 spiro atoms. The Kier molecular flexibility index (Phi) is 17.0. The fourth-order valence-electron chi connectivity index (χ4n) is 4.32. The van der Waals surface area contributed by atoms with Crippen molar-refractivity contribution < 1.29 is 100 Å². The Labute approximate surface area is 273 Å². The minimum absolute atomic E-state index is 0.114. The van der Waals surface area contributed by atoms with Crippen LogP contribution in [0.15, 0.2) is 0 Å². The molecule has 0 bridgehead atoms. The van der Waals surface area contributed by atoms with E-state index in [1.165, 1.54) is 20.8 Å². The predicted molar refractivity (Wildman–Crippen MR) is 156 cm³/mol. The highest BCUT2D eigenvalue weighted by atomic mass is 31.2. The molecule has 0 aromatic rings. The minimum atomic E-state index is -5.51. The Balaban J connectivity index is 4.25. The van der Waals surface area contributed by atoms with E-state index in [2.05, 4.69) is 0 Å². The normalized spacial score (nSPS) is 26.1. The molecule has 9 atom stereocenters. The second-order valence-electron chi connectivity index (χ2n) is 10.4. The molecule has 1 aliphatic carbocycles. The number of ether oxygens (including phenoxy) is 3. The van der Waals surface area contributed by atoms with Crippen molar-refractivity contribution in [1.82, 2.24) is 0 Å². The van der Waals surface area contributed by atoms with E-state index in [1.54, 1.807) is 0 Å². The zero-order valence-corrected chi connectivity index (χ0v) is 28.7. The number of carbonyl (C=O) groups excluding carboxylic acids is 3. The molecule has 0 saturated heterocycles. The number of carboxylic acid groups (broad SMARTS) is 3. The fourth-order valence-corrected chi connectivity index (χ4v) is 7.43. The first-order valence-corrected chi connectivity index (χ1v) is 19.6. The van der Waals surface area contributed by atoms with Crippen LogP contribution in [0, 0.1) is 0 Å². The summed E-state index contributed by atoms with van der Waals surface area (Å²) in [5, 5.41) is 27.5. The lowest BCUT2D eigenvalue weighted by Gasteiger charge is -2.48. The summed E-state index contributed by atoms with van der Waals surface area (Å²) in [5.41, 5.74) is 0. The first-order chi connectivity index (χ1) is 22.1. The molecule has 0 amide bonds. The number of rotatable bonds is 21. The summed E-state index contributed by atoms with van der Waals surface area (Å²) in [6.07, 6.45) is -20.5. The van der Waals surface area contributed by atoms with E-state index >= 15 is 0 Å². The zero-order valence-electron chi connectivity index (χ0n) is 26.0. The molecular formula is C24H39O21P3. The van der Waals surface area contributed by atoms with Crippen LogP contribution in [0.5, 0.6) is 0 Å². The molecule has 0 heterocycles. The van der Waals surface area contributed by atoms with Crippen molar-refractivity contribution in [3.63, 3.8) is 0 Å². The van der Waals surface area contributed by atoms with Gasteiger partial charge in [-0.25, -0.2) is 0 Å². The van der Waals surface area contributed by atoms with Gasteiger partial charge in [0.25, 0.3) is 0 Å². The third kappa shape index (κ3) is 14.8. The Hall–Kier alpha value is -2.73. The van der Waals surface area contributed by atoms with Crippen molar-refractivity contribution in [2.24, 2.45) is 0 Å². The first-order valence-electron chi connectivity index (χ1n) is 14.3. The molecule has 0 aromatic heterocycles. The van der Waals surface area contributed by atoms with Crippen LogP contribution in [0.1, 0.15) is 59.3 Å². The average molecular weight is 756 g/mol. The molecule has 0 aromatic carbocycles. The van der Waals surface area contributed by atoms with Gasteiger partial charge in [0.15, 0.2) is 18.3 Å². The number of hydrogen-bond acceptors (Lipinski definition) is 15. The molecule has 1 aliphatic rings. The van der Waals surface area contributed by atoms with E-state index in [9.17, 15) is 57.1 Å². The Morgan fingerprint density at radius 1 is 0.458 bits per heavy atom. The number of carboxylic acids is 3. The molecular weight excluding hydrogens is 717 g/mol. The highest BCUT2D eigenvalue weighted by Gasteiger charge is 2.62. The van der Waals surface area contributed by atoms with E-state index in [4.69, 9.17) is 43.1 Å². The van der Waals surface area contributed by atoms with Crippen molar-refractivity contribution in [2.45, 2.75) is 95.9 Å². The van der Waals surface area contributed by atoms with Gasteiger partial charge in [-0.1, -0.05) is 20.8 Å². The molecule has 24 heteroatoms. The molecule has 1 saturated carbocycles. The predicted octanol–water partition coefficient (Wildman–Crippen LogP) is 1.10. The van der Waals surface area contributed by atoms with Crippen LogP contribution in [-0.2, 0) is 70.2 Å². The van der Waals surface area contributed by atoms with E-state index in [1.807, 2.05) is 0 Å². The highest BCUT2D eigenvalue weighted by molar-refractivity contribution is 7.54. The summed E-state index contributed by atoms with van der Waals surface area (Å²) in [6.45, 7) is 4.57. The molecule has 48 heavy (non-hydrogen) atoms. The summed E-state index contributed by atoms with van der Waals surface area (Å²) in [7, 11) is -16.4. The zero-order chi connectivity index (χ0) is 37.0. The van der Waals surface area contributed by atoms with Gasteiger partial charge in [-0.15, -0.1) is 0 Å². The maximum Gasteiger partial charge on any atom is 0.339 e. The van der Waals surface area contributed by atoms with Crippen molar-refractivity contribution >= 4 is 58.6 Å². The van der Waals surface area contributed by atoms with Gasteiger partial charge in [0, 0.05) is 19.3 Å². The van der Waals surface area contributed by atoms with Gasteiger partial charge in [0.05, 0.1) is 0 Å². The lowest BCUT2D eigenvalue weighted by molar-refractivity contribution is -0.238. The van der Waals surface area contributed by atoms with E-state index in [0.717, 1.165) is 0 Å². The molecule has 0 radical (unpaired) electrons. The second kappa shape index (κ2) is 18.9. The van der Waals surface area contributed by atoms with E-state index in [-0.39, 0.29) is 25.7 Å². The van der Waals surface area contributed by atoms with Crippen LogP contribution in [0.2, 0.25) is 0 Å². The second-order valence-corrected chi connectivity index (χ2v) is 15.8. The minimum Gasteiger partial charge on any atom is -0.481 e. The van der Waals surface area contributed by atoms with Crippen molar-refractivity contribution in [1.29, 1.82) is 0 Å². The monoisotopic (exact) mass is 756 g/mol. The van der Waals surface area contributed by atoms with Gasteiger partial charge in [-0.2, -0.15) is 0 Å². The fraction of sp³-hybridized carbons (Fsp3) is 0.750. The largest absolute Gasteiger partial charge is 0.481 e. The maximum atomic E-state index is 13.0. The van der Waals surface area contributed by atoms with Crippen LogP contribution in [0.4, 0.5) is 0 Å². The molecule has 21 nitrogen and oxygen atoms in total. The lowest BCUT2D eigenvalue weighted by atomic mass is 9.84. The van der Waals surface area contributed by atoms with Gasteiger partial charge < -0.3 is 44.2 Å². The summed E-state index contributed by atoms with van der Waals surface area (Å²) >= 11 is 0. The highest BCUT2D eigenvalue weighted by Crippen LogP contribution is 2.54. The van der Waals surface area contributed by atoms with E-state index in [0.29, 0.717) is 0 Å². The van der Waals surface area contributed by atoms with Crippen molar-refractivity contribution in [3.05, 3.63) is 0 Å². The standard InChI is InChI=1S/C24H39O21P3/c1-4-7-16(31)40-19-20(41-17(32)8-5-2)22(43-46(34,35)10-13(25)26)24(45-48(38,39)12-15(29)30)23(21(19)42-18(33)9-6-3)44-47(36,37)11-14(27)28/h19-24H,4-12H2,1-3H3,(H,25,26)(H,27,28)(H,29,30)(H,34,35)(H,36,37)(H,38,39)/t19?,20-,21+,22-,23-,24?/m0/s1. The third-order valence-corrected chi connectivity index (χ3v) is 9.70. The number of aliphatic carboxylic acids is 3. The van der Waals surface area contributed by atoms with Crippen LogP contribution in [0.3, 0.4) is 0 Å². The van der Waals surface area contributed by atoms with Gasteiger partial charge in [0.2, 0.25) is 0 Å². The molecule has 6 N–H and O–H groups in total. The van der Waals surface area contributed by atoms with Crippen LogP contribution >= 0.6 is 22.8 Å². The molecule has 5 unspecified atom stereocenters. The Bertz CT molecular complexity index is 1260. The van der Waals surface area contributed by atoms with Crippen molar-refractivity contribution in [2.75, 3.05) is 18.5 Å². The quantitative estimate of drug-likeness (QED) is 0.0542. The van der Waals surface area contributed by atoms with Crippen LogP contribution in [-0.4, -0.2) is 121 Å². The topological polar surface area (TPSA) is 330 Å². The summed E-state index contributed by atoms with van der Waals surface area (Å²) < 4.78 is 70.3. The van der Waals surface area contributed by atoms with Gasteiger partial charge in [-0.3, -0.25) is 56.0 Å². The van der Waals surface area contributed by atoms with Crippen LogP contribution < -0.4 is 0 Å². The van der Waals surface area contributed by atoms with Gasteiger partial charge >= 0.3 is 58.6 Å². The SMILES string of the molecule is CCCC(=O)OC1[C@@H](OC(=O)CCC)[C@H](OP(=O)(O)CC(=O)O)C(OP(=O)(O)CC(=O)O)[C@@H](OP(=O)(O)CC(=O)O)[C@H]1OC(=O)CCC. The van der Waals surface area contributed by atoms with Gasteiger partial charge in [0.1, 0.15) is 36.8 Å². The molecule has 276 valence electrons. The first kappa shape index (κ1) is 43.3. The summed E-state index contributed by atoms with van der Waals surface area (Å²) in [4.78, 5) is 104. The molecule has 1 fully saturated rings. The summed E-state index contributed by atoms with van der Waals surface area (Å²) in [6, 6.07) is 0. The van der Waals surface area contributed by atoms with Crippen LogP contribution in [0.25, 0.3) is 0 Å². The smallest absolute Gasteiger partial charge is 0.339 e. The maximum absolute atomic E-state index is 13.0. The number of hydrogen-bond donors (Lipinski definition) is 6. The third-order valence-electron chi connectivity index (χ3n) is 5.97. The average Bonchev–Trinajstić information content (AvgIpc) is 2.88. The van der Waals surface area contributed by atoms with E-state index < -0.39 is 127 Å². The molecule has 0 aliphatic heterocycles. The Morgan fingerprint density at radius 3 is 0.875 bits per heavy atom. The lowest BCUT2D eigenvalue weighted by Crippen LogP contribution is -2.68. The number of carbonyl (C=O) groups is 6. The van der Waals surface area contributed by atoms with Crippen molar-refractivity contribution in [3.8, 4) is 0 Å². The molecule has 1 rings (SSSR count). The van der Waals surface area contributed by atoms with Gasteiger partial charge in [-0.05, 0) is 19.3 Å².